The van der Waals surface area contributed by atoms with Crippen LogP contribution in [0.1, 0.15) is 22.3 Å². The van der Waals surface area contributed by atoms with E-state index in [2.05, 4.69) is 52.0 Å². The second-order valence-corrected chi connectivity index (χ2v) is 5.73. The highest BCUT2D eigenvalue weighted by molar-refractivity contribution is 6.17. The van der Waals surface area contributed by atoms with Gasteiger partial charge in [0.2, 0.25) is 0 Å². The Hall–Kier alpha value is -2.22. The molecule has 0 aliphatic carbocycles. The summed E-state index contributed by atoms with van der Waals surface area (Å²) >= 11 is 0. The minimum absolute atomic E-state index is 0.630. The second-order valence-electron chi connectivity index (χ2n) is 5.73. The molecular weight excluding hydrogens is 248 g/mol. The topological polar surface area (TPSA) is 26.3 Å². The fourth-order valence-electron chi connectivity index (χ4n) is 2.83. The Morgan fingerprint density at radius 2 is 1.00 bits per heavy atom. The summed E-state index contributed by atoms with van der Waals surface area (Å²) in [6, 6.07) is 8.57. The van der Waals surface area contributed by atoms with Gasteiger partial charge in [-0.2, -0.15) is 0 Å². The zero-order chi connectivity index (χ0) is 14.0. The highest BCUT2D eigenvalue weighted by atomic mass is 16.5. The van der Waals surface area contributed by atoms with E-state index in [4.69, 9.17) is 8.83 Å². The summed E-state index contributed by atoms with van der Waals surface area (Å²) in [5.74, 6) is 0.630. The van der Waals surface area contributed by atoms with Crippen LogP contribution in [-0.4, -0.2) is 0 Å². The van der Waals surface area contributed by atoms with Crippen LogP contribution in [0.3, 0.4) is 0 Å². The highest BCUT2D eigenvalue weighted by Gasteiger charge is 2.17. The van der Waals surface area contributed by atoms with E-state index < -0.39 is 0 Å². The van der Waals surface area contributed by atoms with Crippen LogP contribution in [0.5, 0.6) is 0 Å². The molecule has 2 heteroatoms. The Balaban J connectivity index is 2.25. The van der Waals surface area contributed by atoms with Gasteiger partial charge in [0, 0.05) is 10.8 Å². The number of benzene rings is 2. The molecule has 20 heavy (non-hydrogen) atoms. The number of aryl methyl sites for hydroxylation is 4. The lowest BCUT2D eigenvalue weighted by Gasteiger charge is -2.00. The van der Waals surface area contributed by atoms with Crippen LogP contribution < -0.4 is 0 Å². The predicted molar refractivity (Wildman–Crippen MR) is 82.4 cm³/mol. The van der Waals surface area contributed by atoms with Crippen LogP contribution in [0.2, 0.25) is 0 Å². The van der Waals surface area contributed by atoms with Crippen LogP contribution in [-0.2, 0) is 0 Å². The van der Waals surface area contributed by atoms with E-state index in [1.807, 2.05) is 0 Å². The lowest BCUT2D eigenvalue weighted by Crippen LogP contribution is -1.80. The smallest absolute Gasteiger partial charge is 0.299 e. The van der Waals surface area contributed by atoms with Gasteiger partial charge in [-0.1, -0.05) is 0 Å². The van der Waals surface area contributed by atoms with Crippen molar-refractivity contribution in [3.8, 4) is 0 Å². The lowest BCUT2D eigenvalue weighted by atomic mass is 10.0. The Bertz CT molecular complexity index is 906. The molecule has 0 saturated heterocycles. The normalized spacial score (nSPS) is 12.0. The maximum absolute atomic E-state index is 5.89. The minimum atomic E-state index is 0.630. The molecule has 0 saturated carbocycles. The van der Waals surface area contributed by atoms with Crippen molar-refractivity contribution in [1.29, 1.82) is 0 Å². The molecule has 2 heterocycles. The summed E-state index contributed by atoms with van der Waals surface area (Å²) in [6.45, 7) is 8.46. The molecule has 4 rings (SSSR count). The monoisotopic (exact) mass is 264 g/mol. The first-order valence-electron chi connectivity index (χ1n) is 6.88. The third kappa shape index (κ3) is 1.39. The van der Waals surface area contributed by atoms with Gasteiger partial charge in [-0.15, -0.1) is 0 Å². The minimum Gasteiger partial charge on any atom is -0.425 e. The van der Waals surface area contributed by atoms with Crippen molar-refractivity contribution in [2.45, 2.75) is 27.7 Å². The third-order valence-corrected chi connectivity index (χ3v) is 4.34. The van der Waals surface area contributed by atoms with Crippen LogP contribution in [0.4, 0.5) is 0 Å². The average Bonchev–Trinajstić information content (AvgIpc) is 2.88. The lowest BCUT2D eigenvalue weighted by molar-refractivity contribution is 0.524. The highest BCUT2D eigenvalue weighted by Crippen LogP contribution is 2.38. The van der Waals surface area contributed by atoms with Crippen molar-refractivity contribution in [2.75, 3.05) is 0 Å². The molecule has 0 unspecified atom stereocenters. The number of hydrogen-bond donors (Lipinski definition) is 0. The van der Waals surface area contributed by atoms with Gasteiger partial charge in [-0.25, -0.2) is 0 Å². The maximum Gasteiger partial charge on any atom is 0.299 e. The molecule has 0 fully saturated rings. The SMILES string of the molecule is Cc1cc2oc3oc4cc(C)c(C)cc4c3c2cc1C. The van der Waals surface area contributed by atoms with E-state index in [1.165, 1.54) is 22.3 Å². The van der Waals surface area contributed by atoms with Gasteiger partial charge in [0.05, 0.1) is 5.39 Å². The van der Waals surface area contributed by atoms with Gasteiger partial charge in [-0.05, 0) is 74.2 Å². The molecule has 4 aromatic rings. The van der Waals surface area contributed by atoms with Gasteiger partial charge in [-0.3, -0.25) is 0 Å². The van der Waals surface area contributed by atoms with Crippen molar-refractivity contribution in [3.63, 3.8) is 0 Å². The standard InChI is InChI=1S/C18H16O2/c1-9-5-13-15(7-11(9)3)19-18-17(13)14-6-10(2)12(4)8-16(14)20-18/h5-8H,1-4H3. The molecule has 2 aromatic heterocycles. The maximum atomic E-state index is 5.89. The molecule has 2 aromatic carbocycles. The Kier molecular flexibility index (Phi) is 2.12. The predicted octanol–water partition coefficient (Wildman–Crippen LogP) is 5.57. The Labute approximate surface area is 117 Å². The van der Waals surface area contributed by atoms with Crippen LogP contribution >= 0.6 is 0 Å². The summed E-state index contributed by atoms with van der Waals surface area (Å²) in [5, 5.41) is 3.39. The van der Waals surface area contributed by atoms with Gasteiger partial charge in [0.1, 0.15) is 11.2 Å². The number of fused-ring (bicyclic) bond motifs is 5. The molecule has 0 amide bonds. The first-order chi connectivity index (χ1) is 9.54. The number of rotatable bonds is 0. The fourth-order valence-corrected chi connectivity index (χ4v) is 2.83. The fraction of sp³-hybridized carbons (Fsp3) is 0.222. The van der Waals surface area contributed by atoms with Crippen molar-refractivity contribution in [1.82, 2.24) is 0 Å². The van der Waals surface area contributed by atoms with E-state index in [0.29, 0.717) is 5.78 Å². The summed E-state index contributed by atoms with van der Waals surface area (Å²) in [6.07, 6.45) is 0. The van der Waals surface area contributed by atoms with E-state index in [-0.39, 0.29) is 0 Å². The molecule has 0 aliphatic rings. The average molecular weight is 264 g/mol. The van der Waals surface area contributed by atoms with Crippen molar-refractivity contribution < 1.29 is 8.83 Å². The zero-order valence-electron chi connectivity index (χ0n) is 12.1. The van der Waals surface area contributed by atoms with Crippen LogP contribution in [0.25, 0.3) is 33.1 Å². The molecule has 0 radical (unpaired) electrons. The molecular formula is C18H16O2. The second kappa shape index (κ2) is 3.66. The van der Waals surface area contributed by atoms with Crippen LogP contribution in [0, 0.1) is 27.7 Å². The first kappa shape index (κ1) is 11.6. The van der Waals surface area contributed by atoms with Gasteiger partial charge in [0.25, 0.3) is 5.78 Å². The largest absolute Gasteiger partial charge is 0.425 e. The molecule has 0 bridgehead atoms. The number of hydrogen-bond acceptors (Lipinski definition) is 2. The molecule has 100 valence electrons. The van der Waals surface area contributed by atoms with Crippen molar-refractivity contribution >= 4 is 33.1 Å². The zero-order valence-corrected chi connectivity index (χ0v) is 12.1. The molecule has 0 spiro atoms. The van der Waals surface area contributed by atoms with Crippen molar-refractivity contribution in [3.05, 3.63) is 46.5 Å². The molecule has 0 N–H and O–H groups in total. The molecule has 0 aliphatic heterocycles. The van der Waals surface area contributed by atoms with E-state index >= 15 is 0 Å². The van der Waals surface area contributed by atoms with Gasteiger partial charge in [0.15, 0.2) is 0 Å². The Morgan fingerprint density at radius 3 is 1.45 bits per heavy atom. The summed E-state index contributed by atoms with van der Waals surface area (Å²) in [4.78, 5) is 0. The summed E-state index contributed by atoms with van der Waals surface area (Å²) in [5.41, 5.74) is 6.84. The first-order valence-corrected chi connectivity index (χ1v) is 6.88. The van der Waals surface area contributed by atoms with E-state index in [9.17, 15) is 0 Å². The Morgan fingerprint density at radius 1 is 0.600 bits per heavy atom. The summed E-state index contributed by atoms with van der Waals surface area (Å²) in [7, 11) is 0. The summed E-state index contributed by atoms with van der Waals surface area (Å²) < 4.78 is 11.8. The third-order valence-electron chi connectivity index (χ3n) is 4.34. The number of furan rings is 2. The van der Waals surface area contributed by atoms with E-state index in [1.54, 1.807) is 0 Å². The van der Waals surface area contributed by atoms with E-state index in [0.717, 1.165) is 27.3 Å². The quantitative estimate of drug-likeness (QED) is 0.415. The van der Waals surface area contributed by atoms with Crippen LogP contribution in [0.15, 0.2) is 33.1 Å². The molecule has 2 nitrogen and oxygen atoms in total. The van der Waals surface area contributed by atoms with Gasteiger partial charge < -0.3 is 8.83 Å². The van der Waals surface area contributed by atoms with Gasteiger partial charge >= 0.3 is 0 Å². The van der Waals surface area contributed by atoms with Crippen molar-refractivity contribution in [2.24, 2.45) is 0 Å². The molecule has 0 atom stereocenters.